The summed E-state index contributed by atoms with van der Waals surface area (Å²) in [5.74, 6) is 0.708. The van der Waals surface area contributed by atoms with Gasteiger partial charge in [0.25, 0.3) is 0 Å². The monoisotopic (exact) mass is 363 g/mol. The molecule has 1 heterocycles. The fourth-order valence-electron chi connectivity index (χ4n) is 2.51. The zero-order chi connectivity index (χ0) is 19.3. The Morgan fingerprint density at radius 1 is 1.15 bits per heavy atom. The Bertz CT molecular complexity index is 615. The molecule has 0 aliphatic carbocycles. The molecule has 0 atom stereocenters. The first-order chi connectivity index (χ1) is 12.2. The van der Waals surface area contributed by atoms with Gasteiger partial charge in [0.05, 0.1) is 13.1 Å². The Hall–Kier alpha value is -2.44. The van der Waals surface area contributed by atoms with Gasteiger partial charge >= 0.3 is 12.1 Å². The summed E-state index contributed by atoms with van der Waals surface area (Å²) < 4.78 is 11.2. The van der Waals surface area contributed by atoms with Gasteiger partial charge in [-0.1, -0.05) is 0 Å². The van der Waals surface area contributed by atoms with Gasteiger partial charge in [-0.15, -0.1) is 0 Å². The second-order valence-corrected chi connectivity index (χ2v) is 7.25. The summed E-state index contributed by atoms with van der Waals surface area (Å²) in [4.78, 5) is 27.3. The molecular weight excluding hydrogens is 334 g/mol. The summed E-state index contributed by atoms with van der Waals surface area (Å²) in [6.07, 6.45) is -0.356. The molecule has 2 rings (SSSR count). The van der Waals surface area contributed by atoms with E-state index in [0.717, 1.165) is 5.69 Å². The van der Waals surface area contributed by atoms with E-state index >= 15 is 0 Å². The van der Waals surface area contributed by atoms with Gasteiger partial charge in [-0.2, -0.15) is 0 Å². The van der Waals surface area contributed by atoms with Crippen LogP contribution in [0.3, 0.4) is 0 Å². The lowest BCUT2D eigenvalue weighted by atomic mass is 10.1. The largest absolute Gasteiger partial charge is 0.487 e. The van der Waals surface area contributed by atoms with Gasteiger partial charge in [-0.3, -0.25) is 0 Å². The first kappa shape index (κ1) is 19.9. The van der Waals surface area contributed by atoms with Crippen molar-refractivity contribution < 1.29 is 19.1 Å². The van der Waals surface area contributed by atoms with Crippen LogP contribution in [-0.4, -0.2) is 59.8 Å². The summed E-state index contributed by atoms with van der Waals surface area (Å²) >= 11 is 0. The zero-order valence-electron chi connectivity index (χ0n) is 16.2. The van der Waals surface area contributed by atoms with Crippen molar-refractivity contribution in [2.24, 2.45) is 0 Å². The van der Waals surface area contributed by atoms with Crippen molar-refractivity contribution in [3.63, 3.8) is 0 Å². The number of carbonyl (C=O) groups excluding carboxylic acids is 2. The molecule has 0 unspecified atom stereocenters. The minimum absolute atomic E-state index is 0.0429. The van der Waals surface area contributed by atoms with E-state index in [4.69, 9.17) is 9.47 Å². The zero-order valence-corrected chi connectivity index (χ0v) is 16.2. The minimum atomic E-state index is -0.492. The van der Waals surface area contributed by atoms with Gasteiger partial charge in [0, 0.05) is 18.8 Å². The van der Waals surface area contributed by atoms with Crippen molar-refractivity contribution in [3.8, 4) is 5.75 Å². The third-order valence-electron chi connectivity index (χ3n) is 3.96. The predicted molar refractivity (Wildman–Crippen MR) is 101 cm³/mol. The molecule has 1 saturated heterocycles. The molecule has 1 aromatic rings. The van der Waals surface area contributed by atoms with Gasteiger partial charge in [0.15, 0.2) is 0 Å². The van der Waals surface area contributed by atoms with E-state index in [1.807, 2.05) is 46.8 Å². The second kappa shape index (κ2) is 8.29. The fourth-order valence-corrected chi connectivity index (χ4v) is 2.51. The minimum Gasteiger partial charge on any atom is -0.487 e. The second-order valence-electron chi connectivity index (χ2n) is 7.25. The summed E-state index contributed by atoms with van der Waals surface area (Å²) in [7, 11) is 0. The van der Waals surface area contributed by atoms with Crippen molar-refractivity contribution in [2.45, 2.75) is 46.3 Å². The molecule has 0 saturated carbocycles. The van der Waals surface area contributed by atoms with Crippen LogP contribution in [0.4, 0.5) is 15.3 Å². The molecule has 3 amide bonds. The van der Waals surface area contributed by atoms with E-state index in [1.54, 1.807) is 21.9 Å². The van der Waals surface area contributed by atoms with E-state index in [9.17, 15) is 9.59 Å². The lowest BCUT2D eigenvalue weighted by molar-refractivity contribution is -0.0221. The fraction of sp³-hybridized carbons (Fsp3) is 0.579. The first-order valence-corrected chi connectivity index (χ1v) is 9.02. The highest BCUT2D eigenvalue weighted by Crippen LogP contribution is 2.22. The average molecular weight is 363 g/mol. The van der Waals surface area contributed by atoms with E-state index in [2.05, 4.69) is 5.32 Å². The number of nitrogens with zero attached hydrogens (tertiary/aromatic N) is 2. The van der Waals surface area contributed by atoms with Crippen molar-refractivity contribution >= 4 is 17.8 Å². The number of carbonyl (C=O) groups is 2. The maximum Gasteiger partial charge on any atom is 0.410 e. The lowest BCUT2D eigenvalue weighted by Gasteiger charge is -2.39. The van der Waals surface area contributed by atoms with Crippen LogP contribution in [0.2, 0.25) is 0 Å². The van der Waals surface area contributed by atoms with Gasteiger partial charge in [0.2, 0.25) is 0 Å². The van der Waals surface area contributed by atoms with Gasteiger partial charge in [-0.25, -0.2) is 9.59 Å². The summed E-state index contributed by atoms with van der Waals surface area (Å²) in [6.45, 7) is 11.8. The van der Waals surface area contributed by atoms with Crippen molar-refractivity contribution in [1.82, 2.24) is 9.80 Å². The van der Waals surface area contributed by atoms with E-state index in [-0.39, 0.29) is 18.2 Å². The molecule has 1 aromatic carbocycles. The van der Waals surface area contributed by atoms with Crippen LogP contribution in [0.25, 0.3) is 0 Å². The Morgan fingerprint density at radius 2 is 1.73 bits per heavy atom. The summed E-state index contributed by atoms with van der Waals surface area (Å²) in [5.41, 5.74) is 0.229. The molecule has 1 N–H and O–H groups in total. The molecular formula is C19H29N3O4. The number of ether oxygens (including phenoxy) is 2. The maximum atomic E-state index is 12.0. The van der Waals surface area contributed by atoms with E-state index in [1.165, 1.54) is 0 Å². The number of rotatable bonds is 5. The Balaban J connectivity index is 1.78. The molecule has 144 valence electrons. The number of amides is 3. The van der Waals surface area contributed by atoms with E-state index < -0.39 is 5.60 Å². The molecule has 1 aliphatic heterocycles. The van der Waals surface area contributed by atoms with Gasteiger partial charge in [0.1, 0.15) is 17.5 Å². The SMILES string of the molecule is CCN(CC)C(=O)Nc1ccc(OC2CN(C(=O)OC(C)(C)C)C2)cc1. The van der Waals surface area contributed by atoms with E-state index in [0.29, 0.717) is 31.9 Å². The number of anilines is 1. The van der Waals surface area contributed by atoms with Gasteiger partial charge in [-0.05, 0) is 58.9 Å². The quantitative estimate of drug-likeness (QED) is 0.868. The number of benzene rings is 1. The topological polar surface area (TPSA) is 71.1 Å². The number of nitrogens with one attached hydrogen (secondary N) is 1. The Morgan fingerprint density at radius 3 is 2.23 bits per heavy atom. The smallest absolute Gasteiger partial charge is 0.410 e. The maximum absolute atomic E-state index is 12.0. The summed E-state index contributed by atoms with van der Waals surface area (Å²) in [6, 6.07) is 7.12. The van der Waals surface area contributed by atoms with Crippen LogP contribution in [0.1, 0.15) is 34.6 Å². The lowest BCUT2D eigenvalue weighted by Crippen LogP contribution is -2.57. The van der Waals surface area contributed by atoms with Crippen molar-refractivity contribution in [1.29, 1.82) is 0 Å². The molecule has 0 bridgehead atoms. The van der Waals surface area contributed by atoms with Crippen LogP contribution in [0.15, 0.2) is 24.3 Å². The predicted octanol–water partition coefficient (Wildman–Crippen LogP) is 3.56. The Kier molecular flexibility index (Phi) is 6.34. The Labute approximate surface area is 155 Å². The van der Waals surface area contributed by atoms with Crippen LogP contribution >= 0.6 is 0 Å². The highest BCUT2D eigenvalue weighted by molar-refractivity contribution is 5.89. The highest BCUT2D eigenvalue weighted by atomic mass is 16.6. The molecule has 7 nitrogen and oxygen atoms in total. The number of hydrogen-bond acceptors (Lipinski definition) is 4. The van der Waals surface area contributed by atoms with Crippen LogP contribution < -0.4 is 10.1 Å². The number of likely N-dealkylation sites (tertiary alicyclic amines) is 1. The van der Waals surface area contributed by atoms with Crippen LogP contribution in [-0.2, 0) is 4.74 Å². The number of urea groups is 1. The standard InChI is InChI=1S/C19H29N3O4/c1-6-21(7-2)17(23)20-14-8-10-15(11-9-14)25-16-12-22(13-16)18(24)26-19(3,4)5/h8-11,16H,6-7,12-13H2,1-5H3,(H,20,23). The molecule has 7 heteroatoms. The molecule has 1 aliphatic rings. The first-order valence-electron chi connectivity index (χ1n) is 9.02. The van der Waals surface area contributed by atoms with Gasteiger partial charge < -0.3 is 24.6 Å². The molecule has 0 spiro atoms. The van der Waals surface area contributed by atoms with Crippen molar-refractivity contribution in [2.75, 3.05) is 31.5 Å². The molecule has 1 fully saturated rings. The molecule has 0 aromatic heterocycles. The third-order valence-corrected chi connectivity index (χ3v) is 3.96. The summed E-state index contributed by atoms with van der Waals surface area (Å²) in [5, 5.41) is 2.86. The molecule has 26 heavy (non-hydrogen) atoms. The van der Waals surface area contributed by atoms with Crippen LogP contribution in [0, 0.1) is 0 Å². The highest BCUT2D eigenvalue weighted by Gasteiger charge is 2.35. The van der Waals surface area contributed by atoms with Crippen molar-refractivity contribution in [3.05, 3.63) is 24.3 Å². The molecule has 0 radical (unpaired) electrons. The third kappa shape index (κ3) is 5.54. The average Bonchev–Trinajstić information content (AvgIpc) is 2.51. The van der Waals surface area contributed by atoms with Crippen LogP contribution in [0.5, 0.6) is 5.75 Å². The number of hydrogen-bond donors (Lipinski definition) is 1. The normalized spacial score (nSPS) is 14.4.